The Labute approximate surface area is 211 Å². The van der Waals surface area contributed by atoms with E-state index in [1.807, 2.05) is 0 Å². The number of imidazole rings is 1. The SMILES string of the molecule is COC1(c2nc3nc(-c4noc(=O)[nH]4)nc(-c4cncc(Cl)c4)c3n2C[C@H]2CC[C@H](C)CC2)COC1. The van der Waals surface area contributed by atoms with Gasteiger partial charge in [-0.25, -0.2) is 19.7 Å². The van der Waals surface area contributed by atoms with Gasteiger partial charge in [0.1, 0.15) is 17.0 Å². The van der Waals surface area contributed by atoms with Gasteiger partial charge < -0.3 is 14.0 Å². The first kappa shape index (κ1) is 23.3. The molecule has 0 atom stereocenters. The van der Waals surface area contributed by atoms with Crippen LogP contribution in [-0.2, 0) is 21.6 Å². The van der Waals surface area contributed by atoms with Crippen LogP contribution >= 0.6 is 11.6 Å². The van der Waals surface area contributed by atoms with Crippen molar-refractivity contribution in [2.75, 3.05) is 20.3 Å². The summed E-state index contributed by atoms with van der Waals surface area (Å²) in [4.78, 5) is 32.8. The number of halogens is 1. The largest absolute Gasteiger partial charge is 0.439 e. The van der Waals surface area contributed by atoms with E-state index in [0.717, 1.165) is 36.6 Å². The molecular weight excluding hydrogens is 486 g/mol. The molecule has 2 aliphatic rings. The minimum atomic E-state index is -0.692. The lowest BCUT2D eigenvalue weighted by molar-refractivity contribution is -0.208. The van der Waals surface area contributed by atoms with Crippen LogP contribution < -0.4 is 5.76 Å². The fourth-order valence-corrected chi connectivity index (χ4v) is 5.31. The van der Waals surface area contributed by atoms with Crippen molar-refractivity contribution >= 4 is 22.8 Å². The second kappa shape index (κ2) is 9.06. The number of hydrogen-bond acceptors (Lipinski definition) is 9. The zero-order valence-electron chi connectivity index (χ0n) is 20.0. The highest BCUT2D eigenvalue weighted by molar-refractivity contribution is 6.30. The number of methoxy groups -OCH3 is 1. The Morgan fingerprint density at radius 1 is 1.19 bits per heavy atom. The minimum absolute atomic E-state index is 0.115. The maximum Gasteiger partial charge on any atom is 0.439 e. The molecule has 2 fully saturated rings. The summed E-state index contributed by atoms with van der Waals surface area (Å²) in [6, 6.07) is 1.80. The Morgan fingerprint density at radius 3 is 2.64 bits per heavy atom. The normalized spacial score (nSPS) is 21.5. The summed E-state index contributed by atoms with van der Waals surface area (Å²) in [5, 5.41) is 4.25. The van der Waals surface area contributed by atoms with Crippen molar-refractivity contribution in [3.8, 4) is 22.9 Å². The van der Waals surface area contributed by atoms with Crippen molar-refractivity contribution in [1.29, 1.82) is 0 Å². The van der Waals surface area contributed by atoms with E-state index in [9.17, 15) is 4.79 Å². The molecular formula is C24H26ClN7O4. The molecule has 0 amide bonds. The van der Waals surface area contributed by atoms with Crippen molar-refractivity contribution in [3.05, 3.63) is 39.9 Å². The average Bonchev–Trinajstić information content (AvgIpc) is 3.44. The van der Waals surface area contributed by atoms with Crippen LogP contribution in [0, 0.1) is 11.8 Å². The number of fused-ring (bicyclic) bond motifs is 1. The fraction of sp³-hybridized carbons (Fsp3) is 0.500. The average molecular weight is 512 g/mol. The second-order valence-electron chi connectivity index (χ2n) is 9.77. The van der Waals surface area contributed by atoms with E-state index in [1.54, 1.807) is 25.6 Å². The Bertz CT molecular complexity index is 1460. The number of rotatable bonds is 6. The molecule has 0 radical (unpaired) electrons. The number of H-pyrrole nitrogens is 1. The summed E-state index contributed by atoms with van der Waals surface area (Å²) in [7, 11) is 1.67. The highest BCUT2D eigenvalue weighted by Gasteiger charge is 2.46. The number of pyridine rings is 1. The molecule has 4 aromatic heterocycles. The quantitative estimate of drug-likeness (QED) is 0.412. The van der Waals surface area contributed by atoms with Crippen LogP contribution in [0.15, 0.2) is 27.8 Å². The van der Waals surface area contributed by atoms with Crippen LogP contribution in [0.4, 0.5) is 0 Å². The molecule has 1 saturated heterocycles. The van der Waals surface area contributed by atoms with E-state index in [1.165, 1.54) is 12.8 Å². The van der Waals surface area contributed by atoms with E-state index in [2.05, 4.69) is 31.6 Å². The zero-order valence-corrected chi connectivity index (χ0v) is 20.8. The number of nitrogens with zero attached hydrogens (tertiary/aromatic N) is 6. The molecule has 0 spiro atoms. The number of ether oxygens (including phenoxy) is 2. The Hall–Kier alpha value is -3.15. The van der Waals surface area contributed by atoms with Gasteiger partial charge >= 0.3 is 5.76 Å². The van der Waals surface area contributed by atoms with Crippen molar-refractivity contribution < 1.29 is 14.0 Å². The van der Waals surface area contributed by atoms with Crippen LogP contribution in [0.1, 0.15) is 38.4 Å². The molecule has 1 N–H and O–H groups in total. The van der Waals surface area contributed by atoms with E-state index >= 15 is 0 Å². The minimum Gasteiger partial charge on any atom is -0.374 e. The number of aromatic amines is 1. The molecule has 0 aromatic carbocycles. The van der Waals surface area contributed by atoms with Gasteiger partial charge in [-0.05, 0) is 30.7 Å². The molecule has 1 saturated carbocycles. The van der Waals surface area contributed by atoms with Crippen LogP contribution in [0.3, 0.4) is 0 Å². The van der Waals surface area contributed by atoms with Gasteiger partial charge in [0.05, 0.1) is 18.2 Å². The Morgan fingerprint density at radius 2 is 2.00 bits per heavy atom. The molecule has 36 heavy (non-hydrogen) atoms. The molecule has 0 unspecified atom stereocenters. The van der Waals surface area contributed by atoms with Gasteiger partial charge in [0.15, 0.2) is 11.2 Å². The molecule has 11 nitrogen and oxygen atoms in total. The number of aromatic nitrogens is 7. The van der Waals surface area contributed by atoms with E-state index in [-0.39, 0.29) is 11.6 Å². The highest BCUT2D eigenvalue weighted by Crippen LogP contribution is 2.39. The lowest BCUT2D eigenvalue weighted by Gasteiger charge is -2.40. The van der Waals surface area contributed by atoms with Gasteiger partial charge in [-0.1, -0.05) is 36.5 Å². The Kier molecular flexibility index (Phi) is 5.85. The molecule has 4 aromatic rings. The molecule has 188 valence electrons. The number of hydrogen-bond donors (Lipinski definition) is 1. The first-order valence-electron chi connectivity index (χ1n) is 12.0. The maximum atomic E-state index is 11.6. The first-order chi connectivity index (χ1) is 17.5. The molecule has 1 aliphatic heterocycles. The fourth-order valence-electron chi connectivity index (χ4n) is 5.13. The third-order valence-electron chi connectivity index (χ3n) is 7.28. The van der Waals surface area contributed by atoms with Crippen LogP contribution in [0.2, 0.25) is 5.02 Å². The van der Waals surface area contributed by atoms with Gasteiger partial charge in [-0.2, -0.15) is 0 Å². The maximum absolute atomic E-state index is 11.6. The lowest BCUT2D eigenvalue weighted by atomic mass is 9.83. The van der Waals surface area contributed by atoms with Gasteiger partial charge in [0.2, 0.25) is 11.6 Å². The van der Waals surface area contributed by atoms with Crippen LogP contribution in [0.5, 0.6) is 0 Å². The van der Waals surface area contributed by atoms with Crippen molar-refractivity contribution in [1.82, 2.24) is 34.6 Å². The summed E-state index contributed by atoms with van der Waals surface area (Å²) >= 11 is 6.31. The molecule has 0 bridgehead atoms. The number of nitrogens with one attached hydrogen (secondary N) is 1. The van der Waals surface area contributed by atoms with Gasteiger partial charge in [-0.15, -0.1) is 0 Å². The highest BCUT2D eigenvalue weighted by atomic mass is 35.5. The monoisotopic (exact) mass is 511 g/mol. The van der Waals surface area contributed by atoms with Crippen LogP contribution in [-0.4, -0.2) is 55.0 Å². The summed E-state index contributed by atoms with van der Waals surface area (Å²) < 4.78 is 18.4. The standard InChI is InChI=1S/C24H26ClN7O4/c1-13-3-5-14(6-4-13)10-32-18-17(15-7-16(25)9-26-8-15)27-20(21-30-23(33)36-31-21)28-19(18)29-22(32)24(34-2)11-35-12-24/h7-9,13-14H,3-6,10-12H2,1-2H3,(H,30,31,33)/t13-,14-. The predicted molar refractivity (Wildman–Crippen MR) is 130 cm³/mol. The van der Waals surface area contributed by atoms with Gasteiger partial charge in [0, 0.05) is 31.6 Å². The third kappa shape index (κ3) is 4.00. The lowest BCUT2D eigenvalue weighted by Crippen LogP contribution is -2.50. The van der Waals surface area contributed by atoms with E-state index in [0.29, 0.717) is 41.1 Å². The van der Waals surface area contributed by atoms with E-state index in [4.69, 9.17) is 35.6 Å². The summed E-state index contributed by atoms with van der Waals surface area (Å²) in [5.74, 6) is 1.59. The molecule has 5 heterocycles. The zero-order chi connectivity index (χ0) is 24.9. The van der Waals surface area contributed by atoms with Gasteiger partial charge in [-0.3, -0.25) is 14.5 Å². The van der Waals surface area contributed by atoms with Gasteiger partial charge in [0.25, 0.3) is 0 Å². The molecule has 6 rings (SSSR count). The van der Waals surface area contributed by atoms with Crippen molar-refractivity contribution in [3.63, 3.8) is 0 Å². The summed E-state index contributed by atoms with van der Waals surface area (Å²) in [6.45, 7) is 3.88. The summed E-state index contributed by atoms with van der Waals surface area (Å²) in [5.41, 5.74) is 1.83. The van der Waals surface area contributed by atoms with Crippen LogP contribution in [0.25, 0.3) is 34.1 Å². The van der Waals surface area contributed by atoms with Crippen molar-refractivity contribution in [2.24, 2.45) is 11.8 Å². The second-order valence-corrected chi connectivity index (χ2v) is 10.2. The topological polar surface area (TPSA) is 134 Å². The molecule has 1 aliphatic carbocycles. The Balaban J connectivity index is 1.60. The smallest absolute Gasteiger partial charge is 0.374 e. The predicted octanol–water partition coefficient (Wildman–Crippen LogP) is 3.58. The summed E-state index contributed by atoms with van der Waals surface area (Å²) in [6.07, 6.45) is 7.96. The van der Waals surface area contributed by atoms with Crippen molar-refractivity contribution in [2.45, 2.75) is 44.8 Å². The molecule has 12 heteroatoms. The van der Waals surface area contributed by atoms with E-state index < -0.39 is 11.4 Å². The first-order valence-corrected chi connectivity index (χ1v) is 12.4. The third-order valence-corrected chi connectivity index (χ3v) is 7.49.